The second-order valence-corrected chi connectivity index (χ2v) is 9.82. The second-order valence-electron chi connectivity index (χ2n) is 5.07. The van der Waals surface area contributed by atoms with E-state index in [0.29, 0.717) is 5.02 Å². The topological polar surface area (TPSA) is 71.1 Å². The van der Waals surface area contributed by atoms with Crippen LogP contribution >= 0.6 is 26.8 Å². The van der Waals surface area contributed by atoms with Crippen LogP contribution in [0.4, 0.5) is 0 Å². The van der Waals surface area contributed by atoms with Crippen molar-refractivity contribution in [1.82, 2.24) is 0 Å². The van der Waals surface area contributed by atoms with Crippen molar-refractivity contribution in [3.8, 4) is 0 Å². The number of hydrogen-bond donors (Lipinski definition) is 0. The molecule has 1 aromatic rings. The summed E-state index contributed by atoms with van der Waals surface area (Å²) >= 11 is 6.14. The van der Waals surface area contributed by atoms with E-state index in [0.717, 1.165) is 5.56 Å². The lowest BCUT2D eigenvalue weighted by Gasteiger charge is -2.25. The zero-order valence-corrected chi connectivity index (χ0v) is 18.6. The minimum Gasteiger partial charge on any atom is -0.305 e. The summed E-state index contributed by atoms with van der Waals surface area (Å²) in [5.41, 5.74) is 0.750. The number of benzene rings is 1. The van der Waals surface area contributed by atoms with Gasteiger partial charge in [-0.2, -0.15) is 0 Å². The minimum absolute atomic E-state index is 0.112. The Labute approximate surface area is 166 Å². The molecule has 0 spiro atoms. The fourth-order valence-electron chi connectivity index (χ4n) is 2.20. The Kier molecular flexibility index (Phi) is 10.8. The highest BCUT2D eigenvalue weighted by atomic mass is 35.5. The zero-order valence-electron chi connectivity index (χ0n) is 16.1. The molecule has 6 nitrogen and oxygen atoms in total. The fraction of sp³-hybridized carbons (Fsp3) is 0.444. The molecule has 0 fully saturated rings. The predicted molar refractivity (Wildman–Crippen MR) is 110 cm³/mol. The third kappa shape index (κ3) is 6.99. The molecule has 0 aromatic heterocycles. The third-order valence-electron chi connectivity index (χ3n) is 3.18. The van der Waals surface area contributed by atoms with Crippen molar-refractivity contribution in [2.24, 2.45) is 0 Å². The zero-order chi connectivity index (χ0) is 20.3. The van der Waals surface area contributed by atoms with Crippen LogP contribution in [0.15, 0.2) is 41.5 Å². The first-order chi connectivity index (χ1) is 12.9. The molecule has 0 aliphatic rings. The van der Waals surface area contributed by atoms with Gasteiger partial charge >= 0.3 is 15.2 Å². The third-order valence-corrected chi connectivity index (χ3v) is 8.81. The van der Waals surface area contributed by atoms with Gasteiger partial charge in [0.05, 0.1) is 26.4 Å². The normalized spacial score (nSPS) is 12.5. The van der Waals surface area contributed by atoms with Gasteiger partial charge < -0.3 is 18.1 Å². The highest BCUT2D eigenvalue weighted by Crippen LogP contribution is 2.73. The molecule has 0 aliphatic carbocycles. The number of hydrogen-bond acceptors (Lipinski definition) is 6. The van der Waals surface area contributed by atoms with Crippen molar-refractivity contribution in [2.45, 2.75) is 27.7 Å². The van der Waals surface area contributed by atoms with Gasteiger partial charge in [-0.15, -0.1) is 0 Å². The molecule has 0 amide bonds. The van der Waals surface area contributed by atoms with Gasteiger partial charge in [0.15, 0.2) is 5.06 Å². The van der Waals surface area contributed by atoms with Crippen LogP contribution in [0.3, 0.4) is 0 Å². The SMILES string of the molecule is CCOP(=O)(OCC)C(=C/C=C/c1ccccc1Cl)P(=O)(OCC)OCC. The second kappa shape index (κ2) is 12.0. The maximum atomic E-state index is 13.3. The van der Waals surface area contributed by atoms with Crippen molar-refractivity contribution < 1.29 is 27.2 Å². The highest BCUT2D eigenvalue weighted by Gasteiger charge is 2.44. The Morgan fingerprint density at radius 2 is 1.33 bits per heavy atom. The lowest BCUT2D eigenvalue weighted by molar-refractivity contribution is 0.214. The average Bonchev–Trinajstić information content (AvgIpc) is 2.60. The van der Waals surface area contributed by atoms with Crippen molar-refractivity contribution in [2.75, 3.05) is 26.4 Å². The van der Waals surface area contributed by atoms with Crippen LogP contribution in [0.1, 0.15) is 33.3 Å². The average molecular weight is 437 g/mol. The molecular weight excluding hydrogens is 410 g/mol. The van der Waals surface area contributed by atoms with E-state index in [1.807, 2.05) is 18.2 Å². The molecule has 27 heavy (non-hydrogen) atoms. The first-order valence-corrected chi connectivity index (χ1v) is 12.2. The predicted octanol–water partition coefficient (Wildman–Crippen LogP) is 6.73. The Morgan fingerprint density at radius 1 is 0.889 bits per heavy atom. The van der Waals surface area contributed by atoms with Gasteiger partial charge in [-0.05, 0) is 45.4 Å². The number of halogens is 1. The highest BCUT2D eigenvalue weighted by molar-refractivity contribution is 7.78. The van der Waals surface area contributed by atoms with E-state index in [1.165, 1.54) is 6.08 Å². The van der Waals surface area contributed by atoms with E-state index in [2.05, 4.69) is 0 Å². The molecule has 0 aliphatic heterocycles. The van der Waals surface area contributed by atoms with Crippen LogP contribution in [-0.2, 0) is 27.2 Å². The van der Waals surface area contributed by atoms with Crippen LogP contribution < -0.4 is 0 Å². The van der Waals surface area contributed by atoms with E-state index in [1.54, 1.807) is 45.9 Å². The van der Waals surface area contributed by atoms with Crippen LogP contribution in [0.5, 0.6) is 0 Å². The molecule has 152 valence electrons. The molecule has 0 bridgehead atoms. The molecule has 1 rings (SSSR count). The molecule has 0 atom stereocenters. The standard InChI is InChI=1S/C18H27ClO6P2/c1-5-22-26(20,23-6-2)18(27(21,24-7-3)25-8-4)15-11-13-16-12-9-10-14-17(16)19/h9-15H,5-8H2,1-4H3/b13-11+. The Balaban J connectivity index is 3.45. The summed E-state index contributed by atoms with van der Waals surface area (Å²) in [7, 11) is -7.76. The van der Waals surface area contributed by atoms with E-state index in [9.17, 15) is 9.13 Å². The summed E-state index contributed by atoms with van der Waals surface area (Å²) in [6, 6.07) is 7.23. The van der Waals surface area contributed by atoms with Crippen molar-refractivity contribution in [3.63, 3.8) is 0 Å². The van der Waals surface area contributed by atoms with Crippen LogP contribution in [0.2, 0.25) is 5.02 Å². The number of allylic oxidation sites excluding steroid dienone is 2. The maximum Gasteiger partial charge on any atom is 0.369 e. The Morgan fingerprint density at radius 3 is 1.74 bits per heavy atom. The first-order valence-electron chi connectivity index (χ1n) is 8.79. The Bertz CT molecular complexity index is 695. The van der Waals surface area contributed by atoms with Gasteiger partial charge in [-0.3, -0.25) is 9.13 Å². The fourth-order valence-corrected chi connectivity index (χ4v) is 6.87. The summed E-state index contributed by atoms with van der Waals surface area (Å²) < 4.78 is 48.1. The van der Waals surface area contributed by atoms with Gasteiger partial charge in [0, 0.05) is 5.02 Å². The molecule has 0 saturated heterocycles. The summed E-state index contributed by atoms with van der Waals surface area (Å²) in [4.78, 5) is 0. The van der Waals surface area contributed by atoms with E-state index in [-0.39, 0.29) is 31.5 Å². The van der Waals surface area contributed by atoms with Gasteiger partial charge in [0.2, 0.25) is 0 Å². The molecule has 0 heterocycles. The van der Waals surface area contributed by atoms with Crippen LogP contribution in [-0.4, -0.2) is 26.4 Å². The summed E-state index contributed by atoms with van der Waals surface area (Å²) in [5, 5.41) is 0.421. The van der Waals surface area contributed by atoms with E-state index >= 15 is 0 Å². The molecule has 0 unspecified atom stereocenters. The summed E-state index contributed by atoms with van der Waals surface area (Å²) in [6.45, 7) is 7.15. The molecule has 0 N–H and O–H groups in total. The van der Waals surface area contributed by atoms with Gasteiger partial charge in [-0.1, -0.05) is 42.0 Å². The smallest absolute Gasteiger partial charge is 0.305 e. The largest absolute Gasteiger partial charge is 0.369 e. The quantitative estimate of drug-likeness (QED) is 0.267. The minimum atomic E-state index is -3.88. The first kappa shape index (κ1) is 24.3. The van der Waals surface area contributed by atoms with Crippen molar-refractivity contribution >= 4 is 32.9 Å². The van der Waals surface area contributed by atoms with Crippen LogP contribution in [0.25, 0.3) is 6.08 Å². The van der Waals surface area contributed by atoms with Gasteiger partial charge in [-0.25, -0.2) is 0 Å². The molecule has 1 aromatic carbocycles. The lowest BCUT2D eigenvalue weighted by Crippen LogP contribution is -2.04. The monoisotopic (exact) mass is 436 g/mol. The van der Waals surface area contributed by atoms with Gasteiger partial charge in [0.25, 0.3) is 0 Å². The van der Waals surface area contributed by atoms with Crippen molar-refractivity contribution in [1.29, 1.82) is 0 Å². The van der Waals surface area contributed by atoms with Crippen molar-refractivity contribution in [3.05, 3.63) is 52.1 Å². The molecular formula is C18H27ClO6P2. The maximum absolute atomic E-state index is 13.3. The summed E-state index contributed by atoms with van der Waals surface area (Å²) in [6.07, 6.45) is 4.68. The summed E-state index contributed by atoms with van der Waals surface area (Å²) in [5.74, 6) is 0. The number of rotatable bonds is 12. The lowest BCUT2D eigenvalue weighted by atomic mass is 10.2. The van der Waals surface area contributed by atoms with Crippen LogP contribution in [0, 0.1) is 0 Å². The van der Waals surface area contributed by atoms with E-state index < -0.39 is 15.2 Å². The molecule has 0 radical (unpaired) electrons. The van der Waals surface area contributed by atoms with Gasteiger partial charge in [0.1, 0.15) is 0 Å². The molecule has 9 heteroatoms. The van der Waals surface area contributed by atoms with E-state index in [4.69, 9.17) is 29.7 Å². The Hall–Kier alpha value is -0.710. The molecule has 0 saturated carbocycles.